The molecule has 0 aromatic heterocycles. The van der Waals surface area contributed by atoms with Gasteiger partial charge in [-0.05, 0) is 30.0 Å². The number of para-hydroxylation sites is 1. The van der Waals surface area contributed by atoms with Gasteiger partial charge in [0.2, 0.25) is 0 Å². The first kappa shape index (κ1) is 19.1. The van der Waals surface area contributed by atoms with Crippen LogP contribution in [0, 0.1) is 17.0 Å². The maximum Gasteiger partial charge on any atom is 0.270 e. The quantitative estimate of drug-likeness (QED) is 0.461. The van der Waals surface area contributed by atoms with Gasteiger partial charge in [0.15, 0.2) is 12.9 Å². The molecule has 0 saturated heterocycles. The number of rotatable bonds is 7. The second kappa shape index (κ2) is 8.24. The number of nitro benzene ring substituents is 1. The van der Waals surface area contributed by atoms with Crippen molar-refractivity contribution in [3.8, 4) is 5.75 Å². The lowest BCUT2D eigenvalue weighted by Gasteiger charge is -2.16. The van der Waals surface area contributed by atoms with E-state index in [1.165, 1.54) is 12.1 Å². The van der Waals surface area contributed by atoms with Crippen molar-refractivity contribution in [2.24, 2.45) is 0 Å². The summed E-state index contributed by atoms with van der Waals surface area (Å²) in [6.45, 7) is 5.66. The summed E-state index contributed by atoms with van der Waals surface area (Å²) in [7, 11) is 0. The van der Waals surface area contributed by atoms with Gasteiger partial charge in [-0.15, -0.1) is 0 Å². The summed E-state index contributed by atoms with van der Waals surface area (Å²) in [6.07, 6.45) is 0.457. The highest BCUT2D eigenvalue weighted by Gasteiger charge is 2.15. The Morgan fingerprint density at radius 3 is 2.65 bits per heavy atom. The minimum atomic E-state index is -0.602. The molecule has 0 bridgehead atoms. The fraction of sp³-hybridized carbons (Fsp3) is 0.263. The highest BCUT2D eigenvalue weighted by Crippen LogP contribution is 2.27. The van der Waals surface area contributed by atoms with Crippen LogP contribution in [0.4, 0.5) is 11.4 Å². The maximum atomic E-state index is 12.3. The van der Waals surface area contributed by atoms with E-state index in [2.05, 4.69) is 5.32 Å². The van der Waals surface area contributed by atoms with Crippen molar-refractivity contribution in [1.29, 1.82) is 0 Å². The highest BCUT2D eigenvalue weighted by atomic mass is 16.6. The number of aryl methyl sites for hydroxylation is 1. The fourth-order valence-corrected chi connectivity index (χ4v) is 2.53. The molecule has 0 aliphatic rings. The highest BCUT2D eigenvalue weighted by molar-refractivity contribution is 5.93. The van der Waals surface area contributed by atoms with Crippen molar-refractivity contribution in [2.45, 2.75) is 26.7 Å². The van der Waals surface area contributed by atoms with E-state index in [0.717, 1.165) is 22.9 Å². The molecular formula is C19H20N2O5. The summed E-state index contributed by atoms with van der Waals surface area (Å²) in [5, 5.41) is 13.6. The largest absolute Gasteiger partial charge is 0.483 e. The molecule has 0 unspecified atom stereocenters. The van der Waals surface area contributed by atoms with Crippen molar-refractivity contribution < 1.29 is 19.2 Å². The Morgan fingerprint density at radius 1 is 1.31 bits per heavy atom. The van der Waals surface area contributed by atoms with Gasteiger partial charge in [-0.25, -0.2) is 0 Å². The Labute approximate surface area is 151 Å². The number of nitro groups is 1. The number of non-ortho nitro benzene ring substituents is 1. The number of carbonyl (C=O) groups excluding carboxylic acids is 2. The van der Waals surface area contributed by atoms with Crippen molar-refractivity contribution in [3.05, 3.63) is 63.2 Å². The number of benzene rings is 2. The standard InChI is InChI=1S/C19H20N2O5/c1-12(2)16-6-4-5-13(3)19(16)20-18(23)11-26-17-8-7-15(21(24)25)9-14(17)10-22/h4-10,12H,11H2,1-3H3,(H,20,23). The summed E-state index contributed by atoms with van der Waals surface area (Å²) in [6, 6.07) is 9.43. The molecule has 1 N–H and O–H groups in total. The Kier molecular flexibility index (Phi) is 6.06. The number of ether oxygens (including phenoxy) is 1. The van der Waals surface area contributed by atoms with Crippen LogP contribution in [0.2, 0.25) is 0 Å². The Morgan fingerprint density at radius 2 is 2.04 bits per heavy atom. The first-order valence-corrected chi connectivity index (χ1v) is 8.09. The van der Waals surface area contributed by atoms with Crippen LogP contribution < -0.4 is 10.1 Å². The number of hydrogen-bond donors (Lipinski definition) is 1. The van der Waals surface area contributed by atoms with E-state index < -0.39 is 4.92 Å². The number of carbonyl (C=O) groups is 2. The first-order valence-electron chi connectivity index (χ1n) is 8.09. The average Bonchev–Trinajstić information content (AvgIpc) is 2.61. The molecule has 0 aliphatic heterocycles. The molecule has 0 radical (unpaired) electrons. The van der Waals surface area contributed by atoms with Crippen LogP contribution in [-0.4, -0.2) is 23.7 Å². The molecule has 136 valence electrons. The normalized spacial score (nSPS) is 10.5. The lowest BCUT2D eigenvalue weighted by atomic mass is 9.98. The molecule has 0 spiro atoms. The predicted octanol–water partition coefficient (Wildman–Crippen LogP) is 3.86. The molecule has 2 aromatic rings. The van der Waals surface area contributed by atoms with Crippen LogP contribution in [-0.2, 0) is 4.79 Å². The molecular weight excluding hydrogens is 336 g/mol. The molecule has 0 atom stereocenters. The van der Waals surface area contributed by atoms with Gasteiger partial charge in [-0.3, -0.25) is 19.7 Å². The molecule has 26 heavy (non-hydrogen) atoms. The zero-order chi connectivity index (χ0) is 19.3. The maximum absolute atomic E-state index is 12.3. The molecule has 2 rings (SSSR count). The Balaban J connectivity index is 2.11. The fourth-order valence-electron chi connectivity index (χ4n) is 2.53. The van der Waals surface area contributed by atoms with Gasteiger partial charge in [-0.2, -0.15) is 0 Å². The number of anilines is 1. The molecule has 0 heterocycles. The predicted molar refractivity (Wildman–Crippen MR) is 97.9 cm³/mol. The second-order valence-corrected chi connectivity index (χ2v) is 6.13. The molecule has 1 amide bonds. The summed E-state index contributed by atoms with van der Waals surface area (Å²) in [4.78, 5) is 33.5. The number of amides is 1. The van der Waals surface area contributed by atoms with E-state index in [4.69, 9.17) is 4.74 Å². The molecule has 2 aromatic carbocycles. The van der Waals surface area contributed by atoms with E-state index in [1.54, 1.807) is 0 Å². The number of aldehydes is 1. The zero-order valence-corrected chi connectivity index (χ0v) is 14.8. The van der Waals surface area contributed by atoms with Gasteiger partial charge in [0.05, 0.1) is 10.5 Å². The van der Waals surface area contributed by atoms with E-state index in [1.807, 2.05) is 39.0 Å². The minimum Gasteiger partial charge on any atom is -0.483 e. The van der Waals surface area contributed by atoms with Crippen molar-refractivity contribution in [1.82, 2.24) is 0 Å². The Hall–Kier alpha value is -3.22. The van der Waals surface area contributed by atoms with Crippen LogP contribution in [0.15, 0.2) is 36.4 Å². The third-order valence-electron chi connectivity index (χ3n) is 3.88. The SMILES string of the molecule is Cc1cccc(C(C)C)c1NC(=O)COc1ccc([N+](=O)[O-])cc1C=O. The average molecular weight is 356 g/mol. The molecule has 0 aliphatic carbocycles. The summed E-state index contributed by atoms with van der Waals surface area (Å²) < 4.78 is 5.37. The number of nitrogens with zero attached hydrogens (tertiary/aromatic N) is 1. The van der Waals surface area contributed by atoms with E-state index in [0.29, 0.717) is 6.29 Å². The van der Waals surface area contributed by atoms with Gasteiger partial charge in [0, 0.05) is 17.8 Å². The third-order valence-corrected chi connectivity index (χ3v) is 3.88. The molecule has 7 heteroatoms. The zero-order valence-electron chi connectivity index (χ0n) is 14.8. The van der Waals surface area contributed by atoms with Crippen molar-refractivity contribution in [3.63, 3.8) is 0 Å². The van der Waals surface area contributed by atoms with Crippen LogP contribution in [0.25, 0.3) is 0 Å². The molecule has 0 saturated carbocycles. The lowest BCUT2D eigenvalue weighted by Crippen LogP contribution is -2.22. The molecule has 0 fully saturated rings. The van der Waals surface area contributed by atoms with Gasteiger partial charge in [-0.1, -0.05) is 32.0 Å². The van der Waals surface area contributed by atoms with Crippen LogP contribution in [0.5, 0.6) is 5.75 Å². The number of nitrogens with one attached hydrogen (secondary N) is 1. The van der Waals surface area contributed by atoms with Crippen LogP contribution in [0.3, 0.4) is 0 Å². The first-order chi connectivity index (χ1) is 12.3. The van der Waals surface area contributed by atoms with E-state index in [9.17, 15) is 19.7 Å². The summed E-state index contributed by atoms with van der Waals surface area (Å²) in [5.74, 6) is -0.0199. The molecule has 7 nitrogen and oxygen atoms in total. The third kappa shape index (κ3) is 4.44. The van der Waals surface area contributed by atoms with Crippen molar-refractivity contribution >= 4 is 23.6 Å². The number of hydrogen-bond acceptors (Lipinski definition) is 5. The van der Waals surface area contributed by atoms with E-state index in [-0.39, 0.29) is 35.4 Å². The van der Waals surface area contributed by atoms with Crippen molar-refractivity contribution in [2.75, 3.05) is 11.9 Å². The van der Waals surface area contributed by atoms with Gasteiger partial charge < -0.3 is 10.1 Å². The van der Waals surface area contributed by atoms with E-state index >= 15 is 0 Å². The van der Waals surface area contributed by atoms with Gasteiger partial charge in [0.1, 0.15) is 5.75 Å². The smallest absolute Gasteiger partial charge is 0.270 e. The minimum absolute atomic E-state index is 0.0192. The monoisotopic (exact) mass is 356 g/mol. The summed E-state index contributed by atoms with van der Waals surface area (Å²) in [5.41, 5.74) is 2.50. The Bertz CT molecular complexity index is 846. The lowest BCUT2D eigenvalue weighted by molar-refractivity contribution is -0.384. The second-order valence-electron chi connectivity index (χ2n) is 6.13. The van der Waals surface area contributed by atoms with Gasteiger partial charge in [0.25, 0.3) is 11.6 Å². The van der Waals surface area contributed by atoms with Gasteiger partial charge >= 0.3 is 0 Å². The topological polar surface area (TPSA) is 98.5 Å². The van der Waals surface area contributed by atoms with Crippen LogP contribution >= 0.6 is 0 Å². The van der Waals surface area contributed by atoms with Crippen LogP contribution in [0.1, 0.15) is 41.3 Å². The summed E-state index contributed by atoms with van der Waals surface area (Å²) >= 11 is 0.